The van der Waals surface area contributed by atoms with E-state index in [0.717, 1.165) is 22.3 Å². The first-order valence-electron chi connectivity index (χ1n) is 14.9. The highest BCUT2D eigenvalue weighted by Crippen LogP contribution is 2.35. The van der Waals surface area contributed by atoms with Crippen molar-refractivity contribution in [3.63, 3.8) is 0 Å². The number of para-hydroxylation sites is 1. The summed E-state index contributed by atoms with van der Waals surface area (Å²) >= 11 is 0. The van der Waals surface area contributed by atoms with Gasteiger partial charge in [-0.1, -0.05) is 60.9 Å². The second kappa shape index (κ2) is 12.3. The summed E-state index contributed by atoms with van der Waals surface area (Å²) in [6.45, 7) is 5.79. The van der Waals surface area contributed by atoms with Crippen molar-refractivity contribution in [1.82, 2.24) is 20.3 Å². The van der Waals surface area contributed by atoms with Crippen LogP contribution in [-0.2, 0) is 16.1 Å². The van der Waals surface area contributed by atoms with Gasteiger partial charge in [-0.05, 0) is 87.1 Å². The maximum absolute atomic E-state index is 14.4. The summed E-state index contributed by atoms with van der Waals surface area (Å²) in [5.41, 5.74) is 4.71. The minimum atomic E-state index is -0.886. The third-order valence-corrected chi connectivity index (χ3v) is 7.95. The zero-order valence-electron chi connectivity index (χ0n) is 25.4. The van der Waals surface area contributed by atoms with E-state index in [1.165, 1.54) is 37.7 Å². The topological polar surface area (TPSA) is 83.4 Å². The van der Waals surface area contributed by atoms with Gasteiger partial charge in [0.25, 0.3) is 0 Å². The first-order valence-corrected chi connectivity index (χ1v) is 14.9. The Morgan fingerprint density at radius 2 is 1.55 bits per heavy atom. The van der Waals surface area contributed by atoms with Gasteiger partial charge in [-0.3, -0.25) is 14.5 Å². The van der Waals surface area contributed by atoms with Gasteiger partial charge in [-0.15, -0.1) is 5.10 Å². The molecule has 0 spiro atoms. The molecule has 220 valence electrons. The minimum Gasteiger partial charge on any atom is -0.378 e. The van der Waals surface area contributed by atoms with Gasteiger partial charge in [0.05, 0.1) is 5.52 Å². The zero-order chi connectivity index (χ0) is 29.9. The predicted octanol–water partition coefficient (Wildman–Crippen LogP) is 6.23. The Balaban J connectivity index is 1.58. The number of anilines is 2. The van der Waals surface area contributed by atoms with Crippen LogP contribution < -0.4 is 15.1 Å². The molecule has 0 radical (unpaired) electrons. The Kier molecular flexibility index (Phi) is 8.61. The minimum absolute atomic E-state index is 0.0556. The number of carbonyl (C=O) groups is 2. The van der Waals surface area contributed by atoms with Crippen LogP contribution in [-0.4, -0.2) is 46.4 Å². The number of benzene rings is 3. The number of nitrogens with zero attached hydrogens (tertiary/aromatic N) is 5. The number of amides is 2. The maximum Gasteiger partial charge on any atom is 0.249 e. The van der Waals surface area contributed by atoms with Gasteiger partial charge < -0.3 is 10.2 Å². The average Bonchev–Trinajstić information content (AvgIpc) is 3.38. The van der Waals surface area contributed by atoms with E-state index in [4.69, 9.17) is 0 Å². The fraction of sp³-hybridized carbons (Fsp3) is 0.412. The van der Waals surface area contributed by atoms with Crippen molar-refractivity contribution in [2.45, 2.75) is 76.9 Å². The number of carbonyl (C=O) groups excluding carboxylic acids is 2. The van der Waals surface area contributed by atoms with E-state index in [-0.39, 0.29) is 18.4 Å². The molecule has 8 nitrogen and oxygen atoms in total. The highest BCUT2D eigenvalue weighted by Gasteiger charge is 2.35. The molecular weight excluding hydrogens is 524 g/mol. The van der Waals surface area contributed by atoms with Crippen LogP contribution in [0, 0.1) is 0 Å². The Morgan fingerprint density at radius 3 is 2.19 bits per heavy atom. The third kappa shape index (κ3) is 6.64. The number of fused-ring (bicyclic) bond motifs is 1. The molecule has 1 aromatic heterocycles. The zero-order valence-corrected chi connectivity index (χ0v) is 25.4. The van der Waals surface area contributed by atoms with Crippen LogP contribution in [0.4, 0.5) is 11.4 Å². The summed E-state index contributed by atoms with van der Waals surface area (Å²) in [5.74, 6) is 0.0482. The smallest absolute Gasteiger partial charge is 0.249 e. The predicted molar refractivity (Wildman–Crippen MR) is 169 cm³/mol. The first kappa shape index (κ1) is 29.3. The van der Waals surface area contributed by atoms with Crippen LogP contribution in [0.3, 0.4) is 0 Å². The Labute approximate surface area is 248 Å². The quantitative estimate of drug-likeness (QED) is 0.273. The first-order chi connectivity index (χ1) is 20.1. The molecule has 8 heteroatoms. The van der Waals surface area contributed by atoms with Crippen molar-refractivity contribution in [3.05, 3.63) is 83.9 Å². The lowest BCUT2D eigenvalue weighted by Crippen LogP contribution is -2.50. The summed E-state index contributed by atoms with van der Waals surface area (Å²) in [7, 11) is 3.95. The number of aromatic nitrogens is 3. The van der Waals surface area contributed by atoms with Gasteiger partial charge >= 0.3 is 0 Å². The van der Waals surface area contributed by atoms with Crippen LogP contribution in [0.15, 0.2) is 72.8 Å². The van der Waals surface area contributed by atoms with Crippen LogP contribution in [0.5, 0.6) is 0 Å². The lowest BCUT2D eigenvalue weighted by molar-refractivity contribution is -0.128. The Hall–Kier alpha value is -4.20. The number of nitrogens with one attached hydrogen (secondary N) is 1. The van der Waals surface area contributed by atoms with Crippen molar-refractivity contribution in [1.29, 1.82) is 0 Å². The maximum atomic E-state index is 14.4. The molecule has 1 fully saturated rings. The monoisotopic (exact) mass is 566 g/mol. The second-order valence-electron chi connectivity index (χ2n) is 12.6. The third-order valence-electron chi connectivity index (χ3n) is 7.95. The van der Waals surface area contributed by atoms with Gasteiger partial charge in [-0.2, -0.15) is 0 Å². The lowest BCUT2D eigenvalue weighted by Gasteiger charge is -2.34. The molecule has 0 bridgehead atoms. The average molecular weight is 567 g/mol. The molecule has 1 N–H and O–H groups in total. The molecule has 1 aliphatic rings. The molecule has 42 heavy (non-hydrogen) atoms. The molecule has 1 aliphatic carbocycles. The molecule has 0 saturated heterocycles. The van der Waals surface area contributed by atoms with E-state index >= 15 is 0 Å². The van der Waals surface area contributed by atoms with Gasteiger partial charge in [0.1, 0.15) is 18.1 Å². The summed E-state index contributed by atoms with van der Waals surface area (Å²) in [6, 6.07) is 22.8. The molecule has 2 amide bonds. The molecular formula is C34H42N6O2. The summed E-state index contributed by atoms with van der Waals surface area (Å²) < 4.78 is 1.61. The number of rotatable bonds is 8. The number of hydrogen-bond acceptors (Lipinski definition) is 5. The lowest BCUT2D eigenvalue weighted by atomic mass is 9.84. The molecule has 4 aromatic rings. The summed E-state index contributed by atoms with van der Waals surface area (Å²) in [6.07, 6.45) is 6.18. The SMILES string of the molecule is CN(C)c1ccc([C@@H](C(=O)NC(C)(C)C)N(C(=O)Cn2nnc3ccccc32)c2ccc(C3CCCCC3)cc2)cc1. The summed E-state index contributed by atoms with van der Waals surface area (Å²) in [5, 5.41) is 11.6. The molecule has 1 saturated carbocycles. The molecule has 1 heterocycles. The second-order valence-corrected chi connectivity index (χ2v) is 12.6. The van der Waals surface area contributed by atoms with E-state index in [1.807, 2.05) is 100 Å². The van der Waals surface area contributed by atoms with E-state index in [0.29, 0.717) is 11.6 Å². The van der Waals surface area contributed by atoms with Crippen molar-refractivity contribution in [3.8, 4) is 0 Å². The molecule has 5 rings (SSSR count). The fourth-order valence-electron chi connectivity index (χ4n) is 5.83. The van der Waals surface area contributed by atoms with E-state index in [2.05, 4.69) is 27.8 Å². The van der Waals surface area contributed by atoms with Gasteiger partial charge in [0.15, 0.2) is 0 Å². The van der Waals surface area contributed by atoms with Crippen LogP contribution in [0.1, 0.15) is 76.0 Å². The van der Waals surface area contributed by atoms with Gasteiger partial charge in [0, 0.05) is 31.0 Å². The Bertz CT molecular complexity index is 1510. The largest absolute Gasteiger partial charge is 0.378 e. The Morgan fingerprint density at radius 1 is 0.905 bits per heavy atom. The molecule has 0 unspecified atom stereocenters. The molecule has 0 aliphatic heterocycles. The van der Waals surface area contributed by atoms with E-state index in [9.17, 15) is 9.59 Å². The fourth-order valence-corrected chi connectivity index (χ4v) is 5.83. The van der Waals surface area contributed by atoms with Crippen molar-refractivity contribution < 1.29 is 9.59 Å². The highest BCUT2D eigenvalue weighted by molar-refractivity contribution is 6.01. The van der Waals surface area contributed by atoms with Gasteiger partial charge in [-0.25, -0.2) is 4.68 Å². The molecule has 1 atom stereocenters. The standard InChI is InChI=1S/C34H42N6O2/c1-34(2,3)35-33(42)32(26-17-19-27(20-18-26)38(4)5)40(28-21-15-25(16-22-28)24-11-7-6-8-12-24)31(41)23-39-30-14-10-9-13-29(30)36-37-39/h9-10,13-22,24,32H,6-8,11-12,23H2,1-5H3,(H,35,42)/t32-/m0/s1. The van der Waals surface area contributed by atoms with Crippen molar-refractivity contribution in [2.24, 2.45) is 0 Å². The van der Waals surface area contributed by atoms with E-state index in [1.54, 1.807) is 9.58 Å². The normalized spacial score (nSPS) is 14.9. The van der Waals surface area contributed by atoms with Crippen LogP contribution in [0.2, 0.25) is 0 Å². The number of hydrogen-bond donors (Lipinski definition) is 1. The van der Waals surface area contributed by atoms with E-state index < -0.39 is 11.6 Å². The van der Waals surface area contributed by atoms with Crippen LogP contribution >= 0.6 is 0 Å². The summed E-state index contributed by atoms with van der Waals surface area (Å²) in [4.78, 5) is 32.1. The highest BCUT2D eigenvalue weighted by atomic mass is 16.2. The van der Waals surface area contributed by atoms with Crippen molar-refractivity contribution in [2.75, 3.05) is 23.9 Å². The molecule has 3 aromatic carbocycles. The van der Waals surface area contributed by atoms with Crippen LogP contribution in [0.25, 0.3) is 11.0 Å². The van der Waals surface area contributed by atoms with Crippen molar-refractivity contribution >= 4 is 34.2 Å². The van der Waals surface area contributed by atoms with Gasteiger partial charge in [0.2, 0.25) is 11.8 Å².